The van der Waals surface area contributed by atoms with E-state index in [4.69, 9.17) is 11.5 Å². The number of hydrogen-bond acceptors (Lipinski definition) is 4. The van der Waals surface area contributed by atoms with Crippen molar-refractivity contribution in [3.63, 3.8) is 0 Å². The first-order valence-corrected chi connectivity index (χ1v) is 6.43. The van der Waals surface area contributed by atoms with E-state index in [1.807, 2.05) is 48.5 Å². The Bertz CT molecular complexity index is 478. The molecule has 0 saturated heterocycles. The van der Waals surface area contributed by atoms with Gasteiger partial charge in [-0.05, 0) is 42.8 Å². The third-order valence-corrected chi connectivity index (χ3v) is 2.79. The second-order valence-electron chi connectivity index (χ2n) is 4.46. The Morgan fingerprint density at radius 1 is 0.737 bits per heavy atom. The van der Waals surface area contributed by atoms with Crippen molar-refractivity contribution in [3.05, 3.63) is 48.5 Å². The molecule has 0 fully saturated rings. The highest BCUT2D eigenvalue weighted by molar-refractivity contribution is 5.55. The predicted octanol–water partition coefficient (Wildman–Crippen LogP) is 2.77. The molecule has 0 aliphatic carbocycles. The van der Waals surface area contributed by atoms with Crippen LogP contribution in [0.4, 0.5) is 22.7 Å². The van der Waals surface area contributed by atoms with E-state index < -0.39 is 0 Å². The molecule has 0 bridgehead atoms. The van der Waals surface area contributed by atoms with Crippen LogP contribution in [0.5, 0.6) is 0 Å². The number of nitrogen functional groups attached to an aromatic ring is 2. The SMILES string of the molecule is Nc1cccc(NCCCNc2cccc(N)c2)c1. The zero-order valence-electron chi connectivity index (χ0n) is 10.9. The molecule has 0 amide bonds. The molecular formula is C15H20N4. The Balaban J connectivity index is 1.67. The van der Waals surface area contributed by atoms with Crippen molar-refractivity contribution < 1.29 is 0 Å². The lowest BCUT2D eigenvalue weighted by Gasteiger charge is -2.09. The Labute approximate surface area is 113 Å². The second-order valence-corrected chi connectivity index (χ2v) is 4.46. The summed E-state index contributed by atoms with van der Waals surface area (Å²) in [4.78, 5) is 0. The van der Waals surface area contributed by atoms with E-state index in [0.29, 0.717) is 0 Å². The molecule has 2 rings (SSSR count). The summed E-state index contributed by atoms with van der Waals surface area (Å²) in [5.41, 5.74) is 15.1. The molecular weight excluding hydrogens is 236 g/mol. The minimum Gasteiger partial charge on any atom is -0.399 e. The summed E-state index contributed by atoms with van der Waals surface area (Å²) in [6.45, 7) is 1.80. The van der Waals surface area contributed by atoms with Crippen molar-refractivity contribution in [3.8, 4) is 0 Å². The minimum atomic E-state index is 0.780. The van der Waals surface area contributed by atoms with E-state index in [1.54, 1.807) is 0 Å². The Morgan fingerprint density at radius 3 is 1.63 bits per heavy atom. The largest absolute Gasteiger partial charge is 0.399 e. The predicted molar refractivity (Wildman–Crippen MR) is 83.3 cm³/mol. The summed E-state index contributed by atoms with van der Waals surface area (Å²) in [5.74, 6) is 0. The molecule has 2 aromatic carbocycles. The fourth-order valence-electron chi connectivity index (χ4n) is 1.85. The first-order chi connectivity index (χ1) is 9.24. The van der Waals surface area contributed by atoms with Crippen LogP contribution in [0.25, 0.3) is 0 Å². The average Bonchev–Trinajstić information content (AvgIpc) is 2.38. The summed E-state index contributed by atoms with van der Waals surface area (Å²) in [5, 5.41) is 6.68. The molecule has 0 heterocycles. The van der Waals surface area contributed by atoms with E-state index in [9.17, 15) is 0 Å². The van der Waals surface area contributed by atoms with Gasteiger partial charge >= 0.3 is 0 Å². The van der Waals surface area contributed by atoms with Crippen molar-refractivity contribution in [1.82, 2.24) is 0 Å². The van der Waals surface area contributed by atoms with Gasteiger partial charge in [0.2, 0.25) is 0 Å². The number of rotatable bonds is 6. The van der Waals surface area contributed by atoms with Crippen LogP contribution in [0.2, 0.25) is 0 Å². The van der Waals surface area contributed by atoms with Gasteiger partial charge in [-0.3, -0.25) is 0 Å². The number of hydrogen-bond donors (Lipinski definition) is 4. The van der Waals surface area contributed by atoms with Gasteiger partial charge in [-0.2, -0.15) is 0 Å². The van der Waals surface area contributed by atoms with Gasteiger partial charge in [0.05, 0.1) is 0 Å². The smallest absolute Gasteiger partial charge is 0.0360 e. The standard InChI is InChI=1S/C15H20N4/c16-12-4-1-6-14(10-12)18-8-3-9-19-15-7-2-5-13(17)11-15/h1-2,4-7,10-11,18-19H,3,8-9,16-17H2. The summed E-state index contributed by atoms with van der Waals surface area (Å²) in [6, 6.07) is 15.6. The Morgan fingerprint density at radius 2 is 1.21 bits per heavy atom. The highest BCUT2D eigenvalue weighted by Gasteiger charge is 1.94. The molecule has 0 spiro atoms. The fraction of sp³-hybridized carbons (Fsp3) is 0.200. The maximum Gasteiger partial charge on any atom is 0.0360 e. The quantitative estimate of drug-likeness (QED) is 0.473. The van der Waals surface area contributed by atoms with Gasteiger partial charge < -0.3 is 22.1 Å². The van der Waals surface area contributed by atoms with Crippen LogP contribution in [-0.2, 0) is 0 Å². The zero-order chi connectivity index (χ0) is 13.5. The maximum absolute atomic E-state index is 5.71. The molecule has 0 aliphatic heterocycles. The first-order valence-electron chi connectivity index (χ1n) is 6.43. The second kappa shape index (κ2) is 6.54. The topological polar surface area (TPSA) is 76.1 Å². The molecule has 0 atom stereocenters. The molecule has 4 nitrogen and oxygen atoms in total. The van der Waals surface area contributed by atoms with Crippen LogP contribution in [0.1, 0.15) is 6.42 Å². The van der Waals surface area contributed by atoms with Crippen LogP contribution in [0.3, 0.4) is 0 Å². The van der Waals surface area contributed by atoms with E-state index in [0.717, 1.165) is 42.3 Å². The molecule has 2 aromatic rings. The van der Waals surface area contributed by atoms with Gasteiger partial charge in [0.1, 0.15) is 0 Å². The summed E-state index contributed by atoms with van der Waals surface area (Å²) < 4.78 is 0. The number of nitrogens with one attached hydrogen (secondary N) is 2. The lowest BCUT2D eigenvalue weighted by atomic mass is 10.2. The molecule has 0 unspecified atom stereocenters. The average molecular weight is 256 g/mol. The highest BCUT2D eigenvalue weighted by Crippen LogP contribution is 2.12. The fourth-order valence-corrected chi connectivity index (χ4v) is 1.85. The monoisotopic (exact) mass is 256 g/mol. The van der Waals surface area contributed by atoms with Gasteiger partial charge in [-0.1, -0.05) is 12.1 Å². The summed E-state index contributed by atoms with van der Waals surface area (Å²) in [7, 11) is 0. The third-order valence-electron chi connectivity index (χ3n) is 2.79. The third kappa shape index (κ3) is 4.43. The Hall–Kier alpha value is -2.36. The van der Waals surface area contributed by atoms with Crippen molar-refractivity contribution in [1.29, 1.82) is 0 Å². The van der Waals surface area contributed by atoms with Crippen LogP contribution < -0.4 is 22.1 Å². The normalized spacial score (nSPS) is 10.1. The molecule has 0 aromatic heterocycles. The van der Waals surface area contributed by atoms with Gasteiger partial charge in [0, 0.05) is 35.8 Å². The minimum absolute atomic E-state index is 0.780. The number of anilines is 4. The van der Waals surface area contributed by atoms with Crippen molar-refractivity contribution in [2.45, 2.75) is 6.42 Å². The Kier molecular flexibility index (Phi) is 4.50. The lowest BCUT2D eigenvalue weighted by molar-refractivity contribution is 0.910. The van der Waals surface area contributed by atoms with Crippen LogP contribution in [-0.4, -0.2) is 13.1 Å². The molecule has 0 radical (unpaired) electrons. The van der Waals surface area contributed by atoms with Gasteiger partial charge in [0.15, 0.2) is 0 Å². The molecule has 6 N–H and O–H groups in total. The van der Waals surface area contributed by atoms with Crippen molar-refractivity contribution >= 4 is 22.7 Å². The van der Waals surface area contributed by atoms with Crippen LogP contribution in [0, 0.1) is 0 Å². The van der Waals surface area contributed by atoms with E-state index >= 15 is 0 Å². The van der Waals surface area contributed by atoms with Crippen molar-refractivity contribution in [2.24, 2.45) is 0 Å². The molecule has 0 saturated carbocycles. The van der Waals surface area contributed by atoms with E-state index in [2.05, 4.69) is 10.6 Å². The lowest BCUT2D eigenvalue weighted by Crippen LogP contribution is -2.09. The zero-order valence-corrected chi connectivity index (χ0v) is 10.9. The number of benzene rings is 2. The summed E-state index contributed by atoms with van der Waals surface area (Å²) in [6.07, 6.45) is 1.02. The molecule has 4 heteroatoms. The highest BCUT2D eigenvalue weighted by atomic mass is 14.9. The first kappa shape index (κ1) is 13.1. The van der Waals surface area contributed by atoms with Crippen LogP contribution in [0.15, 0.2) is 48.5 Å². The molecule has 0 aliphatic rings. The van der Waals surface area contributed by atoms with E-state index in [1.165, 1.54) is 0 Å². The van der Waals surface area contributed by atoms with Gasteiger partial charge in [0.25, 0.3) is 0 Å². The molecule has 100 valence electrons. The van der Waals surface area contributed by atoms with Gasteiger partial charge in [-0.25, -0.2) is 0 Å². The summed E-state index contributed by atoms with van der Waals surface area (Å²) >= 11 is 0. The van der Waals surface area contributed by atoms with E-state index in [-0.39, 0.29) is 0 Å². The maximum atomic E-state index is 5.71. The van der Waals surface area contributed by atoms with Gasteiger partial charge in [-0.15, -0.1) is 0 Å². The number of nitrogens with two attached hydrogens (primary N) is 2. The molecule has 19 heavy (non-hydrogen) atoms. The van der Waals surface area contributed by atoms with Crippen LogP contribution >= 0.6 is 0 Å². The van der Waals surface area contributed by atoms with Crippen molar-refractivity contribution in [2.75, 3.05) is 35.2 Å².